The van der Waals surface area contributed by atoms with Gasteiger partial charge in [0.05, 0.1) is 34.2 Å². The Bertz CT molecular complexity index is 1340. The number of hydrogen-bond acceptors (Lipinski definition) is 4. The van der Waals surface area contributed by atoms with Gasteiger partial charge in [-0.25, -0.2) is 9.67 Å². The molecule has 3 heterocycles. The summed E-state index contributed by atoms with van der Waals surface area (Å²) in [5, 5.41) is 4.33. The van der Waals surface area contributed by atoms with E-state index in [1.165, 1.54) is 6.20 Å². The van der Waals surface area contributed by atoms with Crippen molar-refractivity contribution >= 4 is 22.6 Å². The molecule has 0 saturated carbocycles. The fourth-order valence-electron chi connectivity index (χ4n) is 3.46. The lowest BCUT2D eigenvalue weighted by Crippen LogP contribution is -2.07. The van der Waals surface area contributed by atoms with Crippen molar-refractivity contribution in [3.63, 3.8) is 0 Å². The first-order chi connectivity index (χ1) is 14.1. The van der Waals surface area contributed by atoms with Gasteiger partial charge in [-0.15, -0.1) is 0 Å². The van der Waals surface area contributed by atoms with Crippen molar-refractivity contribution in [3.05, 3.63) is 84.1 Å². The second-order valence-corrected chi connectivity index (χ2v) is 6.88. The number of nitrogen functional groups attached to an aromatic ring is 1. The maximum atomic E-state index is 13.0. The van der Waals surface area contributed by atoms with Gasteiger partial charge < -0.3 is 15.7 Å². The first-order valence-electron chi connectivity index (χ1n) is 9.19. The number of H-pyrrole nitrogens is 2. The Morgan fingerprint density at radius 3 is 2.72 bits per heavy atom. The predicted molar refractivity (Wildman–Crippen MR) is 112 cm³/mol. The van der Waals surface area contributed by atoms with Crippen molar-refractivity contribution in [2.75, 3.05) is 5.73 Å². The van der Waals surface area contributed by atoms with Gasteiger partial charge in [0.25, 0.3) is 0 Å². The summed E-state index contributed by atoms with van der Waals surface area (Å²) in [6.45, 7) is 1.90. The van der Waals surface area contributed by atoms with Crippen LogP contribution >= 0.6 is 0 Å². The molecule has 0 spiro atoms. The number of aromatic amines is 2. The first-order valence-corrected chi connectivity index (χ1v) is 9.19. The van der Waals surface area contributed by atoms with Crippen LogP contribution in [0.3, 0.4) is 0 Å². The van der Waals surface area contributed by atoms with Crippen molar-refractivity contribution in [2.45, 2.75) is 6.92 Å². The van der Waals surface area contributed by atoms with E-state index in [2.05, 4.69) is 20.1 Å². The number of aryl methyl sites for hydroxylation is 1. The number of anilines is 1. The molecule has 2 aromatic carbocycles. The molecule has 0 aliphatic heterocycles. The van der Waals surface area contributed by atoms with Crippen LogP contribution in [0.15, 0.2) is 67.0 Å². The smallest absolute Gasteiger partial charge is 0.214 e. The summed E-state index contributed by atoms with van der Waals surface area (Å²) in [5.41, 5.74) is 11.6. The lowest BCUT2D eigenvalue weighted by Gasteiger charge is -2.05. The van der Waals surface area contributed by atoms with Crippen LogP contribution in [0.25, 0.3) is 27.8 Å². The van der Waals surface area contributed by atoms with Crippen LogP contribution in [0.2, 0.25) is 0 Å². The number of carbonyl (C=O) groups is 1. The van der Waals surface area contributed by atoms with Crippen LogP contribution in [0.5, 0.6) is 0 Å². The van der Waals surface area contributed by atoms with Crippen LogP contribution in [0.1, 0.15) is 21.9 Å². The zero-order valence-corrected chi connectivity index (χ0v) is 15.7. The molecule has 0 aliphatic rings. The lowest BCUT2D eigenvalue weighted by atomic mass is 10.1. The maximum Gasteiger partial charge on any atom is 0.214 e. The van der Waals surface area contributed by atoms with E-state index in [1.54, 1.807) is 4.68 Å². The summed E-state index contributed by atoms with van der Waals surface area (Å²) >= 11 is 0. The third-order valence-corrected chi connectivity index (χ3v) is 4.92. The van der Waals surface area contributed by atoms with Crippen LogP contribution in [0, 0.1) is 6.92 Å². The van der Waals surface area contributed by atoms with E-state index in [-0.39, 0.29) is 11.6 Å². The fraction of sp³-hybridized carbons (Fsp3) is 0.0455. The quantitative estimate of drug-likeness (QED) is 0.410. The summed E-state index contributed by atoms with van der Waals surface area (Å²) in [7, 11) is 0. The number of nitrogens with one attached hydrogen (secondary N) is 2. The normalized spacial score (nSPS) is 11.2. The fourth-order valence-corrected chi connectivity index (χ4v) is 3.46. The van der Waals surface area contributed by atoms with E-state index < -0.39 is 0 Å². The molecule has 5 aromatic rings. The largest absolute Gasteiger partial charge is 0.383 e. The van der Waals surface area contributed by atoms with Crippen molar-refractivity contribution in [2.24, 2.45) is 0 Å². The molecule has 0 aliphatic carbocycles. The third-order valence-electron chi connectivity index (χ3n) is 4.92. The van der Waals surface area contributed by atoms with Crippen molar-refractivity contribution in [1.29, 1.82) is 0 Å². The lowest BCUT2D eigenvalue weighted by molar-refractivity contribution is 0.103. The van der Waals surface area contributed by atoms with Gasteiger partial charge in [0.1, 0.15) is 11.6 Å². The van der Waals surface area contributed by atoms with E-state index in [4.69, 9.17) is 5.73 Å². The van der Waals surface area contributed by atoms with Gasteiger partial charge in [-0.05, 0) is 42.3 Å². The average Bonchev–Trinajstić information content (AvgIpc) is 3.45. The molecule has 0 atom stereocenters. The first kappa shape index (κ1) is 17.0. The standard InChI is InChI=1S/C22H18N6O/c1-13-26-18-8-7-16(10-19(18)27-13)28-22(23)17(12-25-28)21(29)20-9-15(11-24-20)14-5-3-2-4-6-14/h2-12,24H,23H2,1H3,(H,26,27). The van der Waals surface area contributed by atoms with E-state index in [9.17, 15) is 4.79 Å². The molecule has 0 radical (unpaired) electrons. The van der Waals surface area contributed by atoms with Gasteiger partial charge in [-0.1, -0.05) is 30.3 Å². The van der Waals surface area contributed by atoms with Crippen LogP contribution in [0.4, 0.5) is 5.82 Å². The van der Waals surface area contributed by atoms with Gasteiger partial charge in [0, 0.05) is 6.20 Å². The highest BCUT2D eigenvalue weighted by molar-refractivity contribution is 6.11. The Balaban J connectivity index is 1.48. The van der Waals surface area contributed by atoms with Gasteiger partial charge in [0.15, 0.2) is 0 Å². The Morgan fingerprint density at radius 2 is 1.90 bits per heavy atom. The molecular weight excluding hydrogens is 364 g/mol. The van der Waals surface area contributed by atoms with Crippen LogP contribution in [-0.4, -0.2) is 30.5 Å². The average molecular weight is 382 g/mol. The number of aromatic nitrogens is 5. The maximum absolute atomic E-state index is 13.0. The van der Waals surface area contributed by atoms with Gasteiger partial charge in [-0.2, -0.15) is 5.10 Å². The molecule has 0 amide bonds. The summed E-state index contributed by atoms with van der Waals surface area (Å²) in [6, 6.07) is 17.4. The van der Waals surface area contributed by atoms with Crippen LogP contribution < -0.4 is 5.73 Å². The third kappa shape index (κ3) is 2.89. The second-order valence-electron chi connectivity index (χ2n) is 6.88. The van der Waals surface area contributed by atoms with E-state index in [0.29, 0.717) is 11.3 Å². The zero-order valence-electron chi connectivity index (χ0n) is 15.7. The minimum absolute atomic E-state index is 0.201. The molecule has 0 fully saturated rings. The SMILES string of the molecule is Cc1nc2cc(-n3ncc(C(=O)c4cc(-c5ccccc5)c[nH]4)c3N)ccc2[nH]1. The van der Waals surface area contributed by atoms with E-state index in [1.807, 2.05) is 67.7 Å². The van der Waals surface area contributed by atoms with Gasteiger partial charge in [-0.3, -0.25) is 4.79 Å². The topological polar surface area (TPSA) is 105 Å². The van der Waals surface area contributed by atoms with Crippen molar-refractivity contribution in [3.8, 4) is 16.8 Å². The molecule has 4 N–H and O–H groups in total. The van der Waals surface area contributed by atoms with Gasteiger partial charge in [0.2, 0.25) is 5.78 Å². The van der Waals surface area contributed by atoms with Crippen LogP contribution in [-0.2, 0) is 0 Å². The molecule has 3 aromatic heterocycles. The number of nitrogens with two attached hydrogens (primary N) is 1. The minimum Gasteiger partial charge on any atom is -0.383 e. The number of fused-ring (bicyclic) bond motifs is 1. The number of rotatable bonds is 4. The highest BCUT2D eigenvalue weighted by Gasteiger charge is 2.19. The summed E-state index contributed by atoms with van der Waals surface area (Å²) in [5.74, 6) is 0.924. The zero-order chi connectivity index (χ0) is 20.0. The molecule has 7 heteroatoms. The number of ketones is 1. The number of imidazole rings is 1. The van der Waals surface area contributed by atoms with E-state index >= 15 is 0 Å². The predicted octanol–water partition coefficient (Wildman–Crippen LogP) is 3.87. The molecule has 0 saturated heterocycles. The van der Waals surface area contributed by atoms with Crippen molar-refractivity contribution < 1.29 is 4.79 Å². The molecule has 142 valence electrons. The summed E-state index contributed by atoms with van der Waals surface area (Å²) < 4.78 is 1.55. The Morgan fingerprint density at radius 1 is 1.07 bits per heavy atom. The highest BCUT2D eigenvalue weighted by Crippen LogP contribution is 2.25. The number of nitrogens with zero attached hydrogens (tertiary/aromatic N) is 3. The number of hydrogen-bond donors (Lipinski definition) is 3. The monoisotopic (exact) mass is 382 g/mol. The number of benzene rings is 2. The molecule has 5 rings (SSSR count). The Hall–Kier alpha value is -4.13. The summed E-state index contributed by atoms with van der Waals surface area (Å²) in [6.07, 6.45) is 3.32. The van der Waals surface area contributed by atoms with Crippen molar-refractivity contribution in [1.82, 2.24) is 24.7 Å². The molecule has 0 bridgehead atoms. The molecule has 0 unspecified atom stereocenters. The summed E-state index contributed by atoms with van der Waals surface area (Å²) in [4.78, 5) is 23.7. The second kappa shape index (κ2) is 6.49. The Labute approximate surface area is 166 Å². The molecule has 7 nitrogen and oxygen atoms in total. The minimum atomic E-state index is -0.201. The Kier molecular flexibility index (Phi) is 3.80. The van der Waals surface area contributed by atoms with E-state index in [0.717, 1.165) is 33.7 Å². The highest BCUT2D eigenvalue weighted by atomic mass is 16.1. The number of carbonyl (C=O) groups excluding carboxylic acids is 1. The van der Waals surface area contributed by atoms with Gasteiger partial charge >= 0.3 is 0 Å². The molecular formula is C22H18N6O. The molecule has 29 heavy (non-hydrogen) atoms.